The predicted molar refractivity (Wildman–Crippen MR) is 115 cm³/mol. The molecule has 0 aliphatic rings. The lowest BCUT2D eigenvalue weighted by atomic mass is 10.1. The summed E-state index contributed by atoms with van der Waals surface area (Å²) in [4.78, 5) is 31.2. The van der Waals surface area contributed by atoms with Crippen molar-refractivity contribution in [3.05, 3.63) is 64.7 Å². The van der Waals surface area contributed by atoms with Gasteiger partial charge in [0.05, 0.1) is 5.39 Å². The van der Waals surface area contributed by atoms with Gasteiger partial charge in [0.1, 0.15) is 18.1 Å². The summed E-state index contributed by atoms with van der Waals surface area (Å²) in [5.74, 6) is -3.38. The van der Waals surface area contributed by atoms with Crippen molar-refractivity contribution in [3.63, 3.8) is 0 Å². The quantitative estimate of drug-likeness (QED) is 0.469. The number of rotatable bonds is 8. The van der Waals surface area contributed by atoms with Crippen LogP contribution in [0.15, 0.2) is 53.3 Å². The Kier molecular flexibility index (Phi) is 7.37. The second kappa shape index (κ2) is 10.0. The van der Waals surface area contributed by atoms with E-state index < -0.39 is 23.5 Å². The molecule has 0 aliphatic heterocycles. The van der Waals surface area contributed by atoms with Crippen molar-refractivity contribution in [1.82, 2.24) is 9.63 Å². The van der Waals surface area contributed by atoms with E-state index in [1.807, 2.05) is 13.8 Å². The lowest BCUT2D eigenvalue weighted by Gasteiger charge is -2.22. The van der Waals surface area contributed by atoms with Crippen LogP contribution in [0.5, 0.6) is 5.75 Å². The van der Waals surface area contributed by atoms with Gasteiger partial charge < -0.3 is 14.5 Å². The minimum atomic E-state index is -5.35. The number of hydrogen-bond acceptors (Lipinski definition) is 5. The van der Waals surface area contributed by atoms with E-state index in [4.69, 9.17) is 4.74 Å². The molecule has 0 N–H and O–H groups in total. The highest BCUT2D eigenvalue weighted by atomic mass is 19.4. The topological polar surface area (TPSA) is 60.8 Å². The molecule has 0 saturated heterocycles. The van der Waals surface area contributed by atoms with E-state index >= 15 is 0 Å². The fraction of sp³-hybridized carbons (Fsp3) is 0.304. The number of halogens is 4. The summed E-state index contributed by atoms with van der Waals surface area (Å²) >= 11 is 0. The first-order valence-electron chi connectivity index (χ1n) is 10.3. The number of ether oxygens (including phenoxy) is 1. The number of fused-ring (bicyclic) bond motifs is 1. The van der Waals surface area contributed by atoms with Crippen LogP contribution in [0.25, 0.3) is 22.0 Å². The van der Waals surface area contributed by atoms with Crippen LogP contribution in [0, 0.1) is 5.82 Å². The van der Waals surface area contributed by atoms with Crippen LogP contribution in [0.1, 0.15) is 13.8 Å². The number of hydrogen-bond donors (Lipinski definition) is 0. The molecule has 0 unspecified atom stereocenters. The van der Waals surface area contributed by atoms with E-state index in [2.05, 4.69) is 9.74 Å². The second-order valence-corrected chi connectivity index (χ2v) is 7.09. The zero-order valence-corrected chi connectivity index (χ0v) is 18.0. The number of benzene rings is 2. The SMILES string of the molecule is CCN(CC)CCOc1c(-c2ccccc2)n(OC(=O)C(F)(F)F)c(=O)c2cc(F)ccc12. The normalized spacial score (nSPS) is 11.7. The number of likely N-dealkylation sites (N-methyl/N-ethyl adjacent to an activating group) is 1. The molecule has 3 rings (SSSR count). The highest BCUT2D eigenvalue weighted by Crippen LogP contribution is 2.35. The molecular weight excluding hydrogens is 444 g/mol. The Balaban J connectivity index is 2.27. The molecule has 0 bridgehead atoms. The van der Waals surface area contributed by atoms with Crippen LogP contribution in [-0.4, -0.2) is 48.0 Å². The lowest BCUT2D eigenvalue weighted by Crippen LogP contribution is -2.39. The molecule has 0 aliphatic carbocycles. The van der Waals surface area contributed by atoms with E-state index in [0.717, 1.165) is 25.2 Å². The summed E-state index contributed by atoms with van der Waals surface area (Å²) in [5.41, 5.74) is -1.04. The molecule has 0 spiro atoms. The number of aromatic nitrogens is 1. The van der Waals surface area contributed by atoms with Crippen LogP contribution >= 0.6 is 0 Å². The largest absolute Gasteiger partial charge is 0.493 e. The predicted octanol–water partition coefficient (Wildman–Crippen LogP) is 4.05. The molecule has 33 heavy (non-hydrogen) atoms. The van der Waals surface area contributed by atoms with Gasteiger partial charge in [-0.25, -0.2) is 9.18 Å². The zero-order valence-electron chi connectivity index (χ0n) is 18.0. The highest BCUT2D eigenvalue weighted by molar-refractivity contribution is 5.93. The van der Waals surface area contributed by atoms with Crippen molar-refractivity contribution in [2.24, 2.45) is 0 Å². The molecule has 176 valence electrons. The Bertz CT molecular complexity index is 1190. The Labute approximate surface area is 186 Å². The van der Waals surface area contributed by atoms with Gasteiger partial charge in [0.25, 0.3) is 5.56 Å². The Morgan fingerprint density at radius 2 is 1.70 bits per heavy atom. The Morgan fingerprint density at radius 1 is 1.03 bits per heavy atom. The molecule has 10 heteroatoms. The number of alkyl halides is 3. The van der Waals surface area contributed by atoms with Crippen molar-refractivity contribution < 1.29 is 31.9 Å². The minimum Gasteiger partial charge on any atom is -0.489 e. The monoisotopic (exact) mass is 466 g/mol. The third-order valence-corrected chi connectivity index (χ3v) is 5.06. The maximum absolute atomic E-state index is 13.9. The third-order valence-electron chi connectivity index (χ3n) is 5.06. The van der Waals surface area contributed by atoms with Crippen LogP contribution in [0.3, 0.4) is 0 Å². The van der Waals surface area contributed by atoms with E-state index in [9.17, 15) is 27.2 Å². The van der Waals surface area contributed by atoms with Gasteiger partial charge in [-0.05, 0) is 31.3 Å². The fourth-order valence-corrected chi connectivity index (χ4v) is 3.35. The smallest absolute Gasteiger partial charge is 0.489 e. The van der Waals surface area contributed by atoms with Gasteiger partial charge in [-0.3, -0.25) is 4.79 Å². The standard InChI is InChI=1S/C23H22F4N2O4/c1-3-28(4-2)12-13-32-20-17-11-10-16(24)14-18(17)21(30)29(33-22(31)23(25,26)27)19(20)15-8-6-5-7-9-15/h5-11,14H,3-4,12-13H2,1-2H3. The van der Waals surface area contributed by atoms with Gasteiger partial charge in [0, 0.05) is 17.5 Å². The molecule has 0 saturated carbocycles. The van der Waals surface area contributed by atoms with Crippen molar-refractivity contribution in [3.8, 4) is 17.0 Å². The summed E-state index contributed by atoms with van der Waals surface area (Å²) in [6.07, 6.45) is -5.35. The molecule has 1 aromatic heterocycles. The van der Waals surface area contributed by atoms with Crippen LogP contribution in [-0.2, 0) is 4.79 Å². The van der Waals surface area contributed by atoms with Crippen LogP contribution in [0.4, 0.5) is 17.6 Å². The highest BCUT2D eigenvalue weighted by Gasteiger charge is 2.43. The molecule has 0 radical (unpaired) electrons. The number of carbonyl (C=O) groups is 1. The molecule has 2 aromatic carbocycles. The summed E-state index contributed by atoms with van der Waals surface area (Å²) in [7, 11) is 0. The van der Waals surface area contributed by atoms with Gasteiger partial charge in [-0.1, -0.05) is 44.2 Å². The van der Waals surface area contributed by atoms with Gasteiger partial charge in [-0.2, -0.15) is 13.2 Å². The average Bonchev–Trinajstić information content (AvgIpc) is 2.79. The van der Waals surface area contributed by atoms with Gasteiger partial charge in [0.2, 0.25) is 0 Å². The molecule has 1 heterocycles. The first kappa shape index (κ1) is 24.2. The van der Waals surface area contributed by atoms with Crippen molar-refractivity contribution in [2.75, 3.05) is 26.2 Å². The van der Waals surface area contributed by atoms with Crippen molar-refractivity contribution >= 4 is 16.7 Å². The Hall–Kier alpha value is -3.40. The van der Waals surface area contributed by atoms with Crippen LogP contribution in [0.2, 0.25) is 0 Å². The number of pyridine rings is 1. The van der Waals surface area contributed by atoms with Crippen LogP contribution < -0.4 is 15.1 Å². The number of nitrogens with zero attached hydrogens (tertiary/aromatic N) is 2. The maximum Gasteiger partial charge on any atom is 0.493 e. The van der Waals surface area contributed by atoms with Gasteiger partial charge in [0.15, 0.2) is 5.75 Å². The molecule has 0 fully saturated rings. The average molecular weight is 466 g/mol. The summed E-state index contributed by atoms with van der Waals surface area (Å²) in [6.45, 7) is 6.05. The van der Waals surface area contributed by atoms with E-state index in [0.29, 0.717) is 6.54 Å². The van der Waals surface area contributed by atoms with Gasteiger partial charge in [-0.15, -0.1) is 4.73 Å². The Morgan fingerprint density at radius 3 is 2.30 bits per heavy atom. The number of carbonyl (C=O) groups excluding carboxylic acids is 1. The molecule has 3 aromatic rings. The minimum absolute atomic E-state index is 0.00192. The van der Waals surface area contributed by atoms with Crippen molar-refractivity contribution in [1.29, 1.82) is 0 Å². The first-order valence-corrected chi connectivity index (χ1v) is 10.3. The second-order valence-electron chi connectivity index (χ2n) is 7.09. The molecule has 6 nitrogen and oxygen atoms in total. The summed E-state index contributed by atoms with van der Waals surface area (Å²) in [5, 5.41) is -0.110. The maximum atomic E-state index is 13.9. The summed E-state index contributed by atoms with van der Waals surface area (Å²) < 4.78 is 59.0. The third kappa shape index (κ3) is 5.33. The summed E-state index contributed by atoms with van der Waals surface area (Å²) in [6, 6.07) is 11.2. The van der Waals surface area contributed by atoms with E-state index in [1.165, 1.54) is 18.2 Å². The van der Waals surface area contributed by atoms with E-state index in [-0.39, 0.29) is 39.1 Å². The first-order chi connectivity index (χ1) is 15.7. The molecular formula is C23H22F4N2O4. The molecule has 0 atom stereocenters. The molecule has 0 amide bonds. The van der Waals surface area contributed by atoms with Crippen molar-refractivity contribution in [2.45, 2.75) is 20.0 Å². The van der Waals surface area contributed by atoms with E-state index in [1.54, 1.807) is 18.2 Å². The fourth-order valence-electron chi connectivity index (χ4n) is 3.35. The van der Waals surface area contributed by atoms with Gasteiger partial charge >= 0.3 is 12.1 Å². The lowest BCUT2D eigenvalue weighted by molar-refractivity contribution is -0.200. The zero-order chi connectivity index (χ0) is 24.2.